The number of aliphatic hydroxyl groups is 2. The number of carbonyl (C=O) groups excluding carboxylic acids is 1. The molecule has 0 bridgehead atoms. The van der Waals surface area contributed by atoms with Gasteiger partial charge in [0.05, 0.1) is 30.3 Å². The molecule has 0 fully saturated rings. The summed E-state index contributed by atoms with van der Waals surface area (Å²) in [5.41, 5.74) is 3.95. The predicted octanol–water partition coefficient (Wildman–Crippen LogP) is 2.56. The highest BCUT2D eigenvalue weighted by Crippen LogP contribution is 2.30. The first-order valence-corrected chi connectivity index (χ1v) is 9.11. The number of hydrogen-bond acceptors (Lipinski definition) is 6. The topological polar surface area (TPSA) is 95.8 Å². The summed E-state index contributed by atoms with van der Waals surface area (Å²) in [7, 11) is 1.67. The predicted molar refractivity (Wildman–Crippen MR) is 109 cm³/mol. The van der Waals surface area contributed by atoms with Crippen LogP contribution in [0.4, 0.5) is 15.9 Å². The molecule has 0 unspecified atom stereocenters. The molecule has 0 aliphatic carbocycles. The molecule has 2 aromatic rings. The van der Waals surface area contributed by atoms with Crippen molar-refractivity contribution in [3.8, 4) is 0 Å². The van der Waals surface area contributed by atoms with Crippen LogP contribution in [0.5, 0.6) is 0 Å². The third-order valence-electron chi connectivity index (χ3n) is 3.86. The van der Waals surface area contributed by atoms with Crippen LogP contribution in [0.2, 0.25) is 0 Å². The molecular weight excluding hydrogens is 468 g/mol. The molecule has 9 heteroatoms. The Labute approximate surface area is 169 Å². The van der Waals surface area contributed by atoms with E-state index in [9.17, 15) is 9.18 Å². The molecule has 1 aromatic carbocycles. The van der Waals surface area contributed by atoms with E-state index in [4.69, 9.17) is 15.1 Å². The van der Waals surface area contributed by atoms with Crippen LogP contribution in [0.15, 0.2) is 30.8 Å². The van der Waals surface area contributed by atoms with Gasteiger partial charge in [-0.15, -0.1) is 0 Å². The number of carbonyl (C=O) groups is 1. The Morgan fingerprint density at radius 2 is 2.04 bits per heavy atom. The Morgan fingerprint density at radius 3 is 2.59 bits per heavy atom. The van der Waals surface area contributed by atoms with Crippen molar-refractivity contribution in [2.45, 2.75) is 13.0 Å². The minimum atomic E-state index is -0.831. The van der Waals surface area contributed by atoms with Crippen LogP contribution in [0.1, 0.15) is 23.0 Å². The molecule has 0 amide bonds. The molecule has 0 spiro atoms. The van der Waals surface area contributed by atoms with E-state index in [0.717, 1.165) is 3.57 Å². The highest BCUT2D eigenvalue weighted by molar-refractivity contribution is 14.1. The summed E-state index contributed by atoms with van der Waals surface area (Å²) in [6.45, 7) is 4.51. The minimum absolute atomic E-state index is 0.174. The van der Waals surface area contributed by atoms with E-state index in [1.54, 1.807) is 29.8 Å². The van der Waals surface area contributed by atoms with Crippen molar-refractivity contribution in [1.82, 2.24) is 10.0 Å². The lowest BCUT2D eigenvalue weighted by Gasteiger charge is -2.17. The Hall–Kier alpha value is -1.95. The lowest BCUT2D eigenvalue weighted by atomic mass is 10.2. The maximum absolute atomic E-state index is 14.2. The molecule has 0 saturated heterocycles. The van der Waals surface area contributed by atoms with E-state index >= 15 is 0 Å². The number of benzene rings is 1. The van der Waals surface area contributed by atoms with Crippen molar-refractivity contribution in [1.29, 1.82) is 0 Å². The minimum Gasteiger partial charge on any atom is -0.393 e. The number of rotatable bonds is 9. The lowest BCUT2D eigenvalue weighted by molar-refractivity contribution is -0.0528. The van der Waals surface area contributed by atoms with Gasteiger partial charge in [-0.05, 0) is 46.9 Å². The molecular formula is C18H21FIN3O4. The third kappa shape index (κ3) is 5.06. The molecule has 1 aromatic heterocycles. The second-order valence-electron chi connectivity index (χ2n) is 5.84. The van der Waals surface area contributed by atoms with E-state index in [1.165, 1.54) is 13.0 Å². The van der Waals surface area contributed by atoms with E-state index < -0.39 is 11.9 Å². The largest absolute Gasteiger partial charge is 0.393 e. The number of nitrogens with zero attached hydrogens (tertiary/aromatic N) is 1. The third-order valence-corrected chi connectivity index (χ3v) is 4.53. The van der Waals surface area contributed by atoms with Crippen LogP contribution in [-0.2, 0) is 11.9 Å². The van der Waals surface area contributed by atoms with Crippen molar-refractivity contribution in [2.75, 3.05) is 18.5 Å². The summed E-state index contributed by atoms with van der Waals surface area (Å²) in [5, 5.41) is 21.1. The molecule has 0 radical (unpaired) electrons. The summed E-state index contributed by atoms with van der Waals surface area (Å²) < 4.78 is 16.6. The number of aromatic nitrogens is 1. The Balaban J connectivity index is 2.37. The standard InChI is InChI=1S/C18H21FIN3O4/c1-10(22-27-13(8-24)9-25)14-7-17(11(2)26)23(3)18(14)21-16-5-4-12(20)6-15(16)19/h4-7,13,21-22,24-25H,1,8-9H2,2-3H3. The first-order valence-electron chi connectivity index (χ1n) is 8.03. The fraction of sp³-hybridized carbons (Fsp3) is 0.278. The smallest absolute Gasteiger partial charge is 0.176 e. The SMILES string of the molecule is C=C(NOC(CO)CO)c1cc(C(C)=O)n(C)c1Nc1ccc(I)cc1F. The van der Waals surface area contributed by atoms with Crippen LogP contribution in [0.25, 0.3) is 5.70 Å². The number of Topliss-reactive ketones (excluding diaryl/α,β-unsaturated/α-hetero) is 1. The van der Waals surface area contributed by atoms with E-state index in [2.05, 4.69) is 17.4 Å². The summed E-state index contributed by atoms with van der Waals surface area (Å²) in [6, 6.07) is 6.34. The van der Waals surface area contributed by atoms with Crippen molar-refractivity contribution in [3.05, 3.63) is 51.5 Å². The fourth-order valence-electron chi connectivity index (χ4n) is 2.38. The second kappa shape index (κ2) is 9.31. The first kappa shape index (κ1) is 21.4. The maximum Gasteiger partial charge on any atom is 0.176 e. The second-order valence-corrected chi connectivity index (χ2v) is 7.09. The molecule has 4 N–H and O–H groups in total. The van der Waals surface area contributed by atoms with Gasteiger partial charge >= 0.3 is 0 Å². The monoisotopic (exact) mass is 489 g/mol. The van der Waals surface area contributed by atoms with Gasteiger partial charge in [0.1, 0.15) is 17.7 Å². The number of hydroxylamine groups is 1. The Morgan fingerprint density at radius 1 is 1.37 bits per heavy atom. The molecule has 2 rings (SSSR count). The molecule has 1 heterocycles. The lowest BCUT2D eigenvalue weighted by Crippen LogP contribution is -2.28. The van der Waals surface area contributed by atoms with Gasteiger partial charge < -0.3 is 20.1 Å². The van der Waals surface area contributed by atoms with Gasteiger partial charge in [0, 0.05) is 23.1 Å². The van der Waals surface area contributed by atoms with Crippen LogP contribution >= 0.6 is 22.6 Å². The van der Waals surface area contributed by atoms with Crippen molar-refractivity contribution in [2.24, 2.45) is 7.05 Å². The normalized spacial score (nSPS) is 10.9. The van der Waals surface area contributed by atoms with Gasteiger partial charge in [-0.3, -0.25) is 15.1 Å². The van der Waals surface area contributed by atoms with Gasteiger partial charge in [0.15, 0.2) is 5.78 Å². The molecule has 27 heavy (non-hydrogen) atoms. The maximum atomic E-state index is 14.2. The van der Waals surface area contributed by atoms with Crippen LogP contribution < -0.4 is 10.8 Å². The van der Waals surface area contributed by atoms with Crippen LogP contribution in [0.3, 0.4) is 0 Å². The van der Waals surface area contributed by atoms with Crippen LogP contribution in [-0.4, -0.2) is 39.9 Å². The number of ketones is 1. The van der Waals surface area contributed by atoms with Gasteiger partial charge in [-0.25, -0.2) is 4.39 Å². The van der Waals surface area contributed by atoms with E-state index in [-0.39, 0.29) is 30.4 Å². The first-order chi connectivity index (χ1) is 12.8. The highest BCUT2D eigenvalue weighted by atomic mass is 127. The molecule has 146 valence electrons. The quantitative estimate of drug-likeness (QED) is 0.246. The van der Waals surface area contributed by atoms with Gasteiger partial charge in [-0.1, -0.05) is 6.58 Å². The molecule has 7 nitrogen and oxygen atoms in total. The average molecular weight is 489 g/mol. The Kier molecular flexibility index (Phi) is 7.36. The van der Waals surface area contributed by atoms with Crippen molar-refractivity contribution >= 4 is 45.6 Å². The molecule has 0 aliphatic heterocycles. The summed E-state index contributed by atoms with van der Waals surface area (Å²) in [4.78, 5) is 17.1. The van der Waals surface area contributed by atoms with Gasteiger partial charge in [-0.2, -0.15) is 0 Å². The Bertz CT molecular complexity index is 849. The van der Waals surface area contributed by atoms with Gasteiger partial charge in [0.25, 0.3) is 0 Å². The average Bonchev–Trinajstić information content (AvgIpc) is 2.95. The molecule has 0 atom stereocenters. The van der Waals surface area contributed by atoms with Crippen molar-refractivity contribution in [3.63, 3.8) is 0 Å². The van der Waals surface area contributed by atoms with Crippen LogP contribution in [0, 0.1) is 9.39 Å². The van der Waals surface area contributed by atoms with Crippen molar-refractivity contribution < 1.29 is 24.2 Å². The zero-order valence-electron chi connectivity index (χ0n) is 14.9. The number of nitrogens with one attached hydrogen (secondary N) is 2. The number of halogens is 2. The zero-order chi connectivity index (χ0) is 20.1. The summed E-state index contributed by atoms with van der Waals surface area (Å²) in [6.07, 6.45) is -0.831. The number of aliphatic hydroxyl groups excluding tert-OH is 2. The van der Waals surface area contributed by atoms with E-state index in [1.807, 2.05) is 22.6 Å². The zero-order valence-corrected chi connectivity index (χ0v) is 17.1. The highest BCUT2D eigenvalue weighted by Gasteiger charge is 2.19. The van der Waals surface area contributed by atoms with Gasteiger partial charge in [0.2, 0.25) is 0 Å². The summed E-state index contributed by atoms with van der Waals surface area (Å²) in [5.74, 6) is -0.174. The molecule has 0 saturated carbocycles. The number of anilines is 2. The molecule has 0 aliphatic rings. The van der Waals surface area contributed by atoms with E-state index in [0.29, 0.717) is 17.1 Å². The number of hydrogen-bond donors (Lipinski definition) is 4. The fourth-order valence-corrected chi connectivity index (χ4v) is 2.84. The summed E-state index contributed by atoms with van der Waals surface area (Å²) >= 11 is 2.01.